The molecule has 1 heterocycles. The molecule has 0 aliphatic carbocycles. The van der Waals surface area contributed by atoms with Crippen molar-refractivity contribution in [1.29, 1.82) is 0 Å². The van der Waals surface area contributed by atoms with E-state index < -0.39 is 0 Å². The third-order valence-corrected chi connectivity index (χ3v) is 3.85. The van der Waals surface area contributed by atoms with Gasteiger partial charge in [0.2, 0.25) is 0 Å². The summed E-state index contributed by atoms with van der Waals surface area (Å²) in [7, 11) is 0. The maximum absolute atomic E-state index is 12.3. The van der Waals surface area contributed by atoms with Crippen molar-refractivity contribution in [2.24, 2.45) is 0 Å². The minimum atomic E-state index is -0.334. The van der Waals surface area contributed by atoms with Gasteiger partial charge in [-0.3, -0.25) is 4.90 Å². The van der Waals surface area contributed by atoms with E-state index in [1.54, 1.807) is 17.0 Å². The summed E-state index contributed by atoms with van der Waals surface area (Å²) in [6.07, 6.45) is 4.45. The summed E-state index contributed by atoms with van der Waals surface area (Å²) in [6, 6.07) is 17.7. The minimum Gasteiger partial charge on any atom is -0.410 e. The molecule has 0 radical (unpaired) electrons. The van der Waals surface area contributed by atoms with Gasteiger partial charge in [0, 0.05) is 18.7 Å². The summed E-state index contributed by atoms with van der Waals surface area (Å²) >= 11 is 0. The van der Waals surface area contributed by atoms with Crippen molar-refractivity contribution in [2.75, 3.05) is 6.54 Å². The van der Waals surface area contributed by atoms with Crippen LogP contribution in [-0.2, 0) is 0 Å². The van der Waals surface area contributed by atoms with Crippen molar-refractivity contribution in [3.63, 3.8) is 0 Å². The molecule has 3 rings (SSSR count). The van der Waals surface area contributed by atoms with E-state index in [9.17, 15) is 4.79 Å². The summed E-state index contributed by atoms with van der Waals surface area (Å²) in [4.78, 5) is 13.9. The van der Waals surface area contributed by atoms with Crippen molar-refractivity contribution < 1.29 is 9.53 Å². The minimum absolute atomic E-state index is 0.314. The van der Waals surface area contributed by atoms with Gasteiger partial charge >= 0.3 is 6.09 Å². The highest BCUT2D eigenvalue weighted by Crippen LogP contribution is 2.26. The normalized spacial score (nSPS) is 17.3. The Morgan fingerprint density at radius 2 is 1.82 bits per heavy atom. The van der Waals surface area contributed by atoms with Gasteiger partial charge in [-0.25, -0.2) is 4.79 Å². The number of ether oxygens (including phenoxy) is 1. The van der Waals surface area contributed by atoms with Gasteiger partial charge in [0.1, 0.15) is 5.75 Å². The van der Waals surface area contributed by atoms with Crippen LogP contribution in [0.3, 0.4) is 0 Å². The number of nitrogens with zero attached hydrogens (tertiary/aromatic N) is 1. The average molecular weight is 293 g/mol. The number of para-hydroxylation sites is 1. The Morgan fingerprint density at radius 3 is 2.55 bits per heavy atom. The monoisotopic (exact) mass is 293 g/mol. The first kappa shape index (κ1) is 14.4. The molecule has 0 fully saturated rings. The Balaban J connectivity index is 1.68. The molecule has 22 heavy (non-hydrogen) atoms. The first-order chi connectivity index (χ1) is 10.7. The molecule has 0 bridgehead atoms. The second-order valence-electron chi connectivity index (χ2n) is 5.56. The number of hydrogen-bond donors (Lipinski definition) is 0. The summed E-state index contributed by atoms with van der Waals surface area (Å²) in [5.74, 6) is 0.882. The van der Waals surface area contributed by atoms with Gasteiger partial charge < -0.3 is 4.74 Å². The fourth-order valence-electron chi connectivity index (χ4n) is 2.59. The molecule has 112 valence electrons. The predicted molar refractivity (Wildman–Crippen MR) is 86.8 cm³/mol. The number of allylic oxidation sites excluding steroid dienone is 1. The lowest BCUT2D eigenvalue weighted by Crippen LogP contribution is -2.34. The number of hydrogen-bond acceptors (Lipinski definition) is 2. The van der Waals surface area contributed by atoms with Gasteiger partial charge in [-0.05, 0) is 31.0 Å². The molecular formula is C19H19NO2. The van der Waals surface area contributed by atoms with Crippen molar-refractivity contribution in [3.8, 4) is 5.75 Å². The lowest BCUT2D eigenvalue weighted by Gasteiger charge is -2.27. The molecule has 3 heteroatoms. The standard InChI is InChI=1S/C19H19NO2/c1-15-9-11-16(12-10-15)17-6-5-13-20(14-17)19(21)22-18-7-3-2-4-8-18/h2-5,7-13,17H,6,14H2,1H3/t17-/m1/s1. The quantitative estimate of drug-likeness (QED) is 0.816. The fourth-order valence-corrected chi connectivity index (χ4v) is 2.59. The van der Waals surface area contributed by atoms with Crippen LogP contribution in [-0.4, -0.2) is 17.5 Å². The molecule has 0 saturated carbocycles. The maximum atomic E-state index is 12.3. The maximum Gasteiger partial charge on any atom is 0.419 e. The molecule has 1 aliphatic rings. The second-order valence-corrected chi connectivity index (χ2v) is 5.56. The van der Waals surface area contributed by atoms with Crippen molar-refractivity contribution in [2.45, 2.75) is 19.3 Å². The molecule has 1 atom stereocenters. The van der Waals surface area contributed by atoms with E-state index in [0.29, 0.717) is 18.2 Å². The van der Waals surface area contributed by atoms with Crippen LogP contribution >= 0.6 is 0 Å². The van der Waals surface area contributed by atoms with Gasteiger partial charge in [0.25, 0.3) is 0 Å². The lowest BCUT2D eigenvalue weighted by molar-refractivity contribution is 0.165. The fraction of sp³-hybridized carbons (Fsp3) is 0.211. The Hall–Kier alpha value is -2.55. The Labute approximate surface area is 130 Å². The summed E-state index contributed by atoms with van der Waals surface area (Å²) in [5.41, 5.74) is 2.50. The van der Waals surface area contributed by atoms with Gasteiger partial charge in [0.05, 0.1) is 0 Å². The van der Waals surface area contributed by atoms with Crippen LogP contribution in [0, 0.1) is 6.92 Å². The van der Waals surface area contributed by atoms with Gasteiger partial charge in [-0.15, -0.1) is 0 Å². The predicted octanol–water partition coefficient (Wildman–Crippen LogP) is 4.50. The summed E-state index contributed by atoms with van der Waals surface area (Å²) in [6.45, 7) is 2.72. The van der Waals surface area contributed by atoms with E-state index >= 15 is 0 Å². The zero-order chi connectivity index (χ0) is 15.4. The van der Waals surface area contributed by atoms with Gasteiger partial charge in [-0.2, -0.15) is 0 Å². The van der Waals surface area contributed by atoms with Crippen LogP contribution in [0.1, 0.15) is 23.5 Å². The number of carbonyl (C=O) groups is 1. The molecule has 0 aromatic heterocycles. The molecule has 0 unspecified atom stereocenters. The van der Waals surface area contributed by atoms with E-state index in [1.165, 1.54) is 11.1 Å². The lowest BCUT2D eigenvalue weighted by atomic mass is 9.93. The number of amides is 1. The number of aryl methyl sites for hydroxylation is 1. The smallest absolute Gasteiger partial charge is 0.410 e. The summed E-state index contributed by atoms with van der Waals surface area (Å²) < 4.78 is 5.39. The Bertz CT molecular complexity index is 662. The topological polar surface area (TPSA) is 29.5 Å². The largest absolute Gasteiger partial charge is 0.419 e. The number of carbonyl (C=O) groups excluding carboxylic acids is 1. The van der Waals surface area contributed by atoms with E-state index in [2.05, 4.69) is 31.2 Å². The average Bonchev–Trinajstić information content (AvgIpc) is 2.56. The molecule has 0 spiro atoms. The van der Waals surface area contributed by atoms with Gasteiger partial charge in [-0.1, -0.05) is 54.1 Å². The van der Waals surface area contributed by atoms with Crippen LogP contribution in [0.5, 0.6) is 5.75 Å². The molecular weight excluding hydrogens is 274 g/mol. The molecule has 1 amide bonds. The highest BCUT2D eigenvalue weighted by Gasteiger charge is 2.22. The number of benzene rings is 2. The Morgan fingerprint density at radius 1 is 1.09 bits per heavy atom. The zero-order valence-electron chi connectivity index (χ0n) is 12.6. The highest BCUT2D eigenvalue weighted by molar-refractivity contribution is 5.72. The molecule has 0 N–H and O–H groups in total. The van der Waals surface area contributed by atoms with Crippen LogP contribution in [0.2, 0.25) is 0 Å². The van der Waals surface area contributed by atoms with Crippen LogP contribution in [0.15, 0.2) is 66.9 Å². The third-order valence-electron chi connectivity index (χ3n) is 3.85. The van der Waals surface area contributed by atoms with Gasteiger partial charge in [0.15, 0.2) is 0 Å². The van der Waals surface area contributed by atoms with E-state index in [4.69, 9.17) is 4.74 Å². The van der Waals surface area contributed by atoms with E-state index in [0.717, 1.165) is 6.42 Å². The van der Waals surface area contributed by atoms with Crippen molar-refractivity contribution in [1.82, 2.24) is 4.90 Å². The van der Waals surface area contributed by atoms with Crippen molar-refractivity contribution >= 4 is 6.09 Å². The van der Waals surface area contributed by atoms with Crippen molar-refractivity contribution in [3.05, 3.63) is 78.0 Å². The first-order valence-electron chi connectivity index (χ1n) is 7.49. The molecule has 3 nitrogen and oxygen atoms in total. The van der Waals surface area contributed by atoms with E-state index in [-0.39, 0.29) is 6.09 Å². The molecule has 1 aliphatic heterocycles. The summed E-state index contributed by atoms with van der Waals surface area (Å²) in [5, 5.41) is 0. The molecule has 2 aromatic rings. The molecule has 2 aromatic carbocycles. The zero-order valence-corrected chi connectivity index (χ0v) is 12.6. The SMILES string of the molecule is Cc1ccc([C@@H]2CC=CN(C(=O)Oc3ccccc3)C2)cc1. The first-order valence-corrected chi connectivity index (χ1v) is 7.49. The van der Waals surface area contributed by atoms with Crippen LogP contribution < -0.4 is 4.74 Å². The number of rotatable bonds is 2. The highest BCUT2D eigenvalue weighted by atomic mass is 16.6. The van der Waals surface area contributed by atoms with E-state index in [1.807, 2.05) is 30.5 Å². The van der Waals surface area contributed by atoms with Crippen LogP contribution in [0.25, 0.3) is 0 Å². The second kappa shape index (κ2) is 6.48. The van der Waals surface area contributed by atoms with Crippen LogP contribution in [0.4, 0.5) is 4.79 Å². The Kier molecular flexibility index (Phi) is 4.24. The third kappa shape index (κ3) is 3.37. The molecule has 0 saturated heterocycles.